The lowest BCUT2D eigenvalue weighted by Gasteiger charge is -2.20. The molecule has 1 amide bonds. The standard InChI is InChI=1S/C12H13N3OS/c1-2-15(9-3-6-14-7-4-9)12(16)11-10(13)5-8-17-11/h3-8H,2,13H2,1H3. The Balaban J connectivity index is 2.32. The van der Waals surface area contributed by atoms with E-state index in [2.05, 4.69) is 4.98 Å². The van der Waals surface area contributed by atoms with E-state index in [1.807, 2.05) is 24.4 Å². The maximum absolute atomic E-state index is 12.3. The Morgan fingerprint density at radius 2 is 2.12 bits per heavy atom. The highest BCUT2D eigenvalue weighted by Crippen LogP contribution is 2.23. The predicted molar refractivity (Wildman–Crippen MR) is 70.3 cm³/mol. The molecule has 88 valence electrons. The van der Waals surface area contributed by atoms with Crippen molar-refractivity contribution in [1.29, 1.82) is 0 Å². The highest BCUT2D eigenvalue weighted by Gasteiger charge is 2.19. The summed E-state index contributed by atoms with van der Waals surface area (Å²) in [5.74, 6) is -0.0637. The van der Waals surface area contributed by atoms with Gasteiger partial charge in [0.25, 0.3) is 5.91 Å². The van der Waals surface area contributed by atoms with Crippen LogP contribution < -0.4 is 10.6 Å². The first kappa shape index (κ1) is 11.6. The van der Waals surface area contributed by atoms with E-state index in [0.29, 0.717) is 17.1 Å². The average Bonchev–Trinajstić information content (AvgIpc) is 2.77. The molecule has 0 fully saturated rings. The summed E-state index contributed by atoms with van der Waals surface area (Å²) in [6, 6.07) is 5.37. The SMILES string of the molecule is CCN(C(=O)c1sccc1N)c1ccncc1. The Hall–Kier alpha value is -1.88. The molecule has 5 heteroatoms. The van der Waals surface area contributed by atoms with Crippen molar-refractivity contribution in [2.45, 2.75) is 6.92 Å². The Kier molecular flexibility index (Phi) is 3.39. The number of carbonyl (C=O) groups excluding carboxylic acids is 1. The molecule has 0 aliphatic rings. The molecule has 0 aliphatic heterocycles. The molecule has 0 saturated carbocycles. The molecule has 0 unspecified atom stereocenters. The number of anilines is 2. The Morgan fingerprint density at radius 1 is 1.41 bits per heavy atom. The number of nitrogens with two attached hydrogens (primary N) is 1. The second kappa shape index (κ2) is 4.97. The summed E-state index contributed by atoms with van der Waals surface area (Å²) in [5.41, 5.74) is 7.13. The molecule has 0 spiro atoms. The number of amides is 1. The number of hydrogen-bond donors (Lipinski definition) is 1. The van der Waals surface area contributed by atoms with Crippen molar-refractivity contribution in [3.8, 4) is 0 Å². The first-order chi connectivity index (χ1) is 8.24. The highest BCUT2D eigenvalue weighted by molar-refractivity contribution is 7.12. The normalized spacial score (nSPS) is 10.2. The van der Waals surface area contributed by atoms with Gasteiger partial charge in [0.05, 0.1) is 5.69 Å². The number of nitrogen functional groups attached to an aromatic ring is 1. The molecule has 2 heterocycles. The first-order valence-corrected chi connectivity index (χ1v) is 6.17. The minimum atomic E-state index is -0.0637. The third-order valence-electron chi connectivity index (χ3n) is 2.43. The highest BCUT2D eigenvalue weighted by atomic mass is 32.1. The summed E-state index contributed by atoms with van der Waals surface area (Å²) in [6.45, 7) is 2.53. The van der Waals surface area contributed by atoms with Crippen molar-refractivity contribution in [3.05, 3.63) is 40.8 Å². The molecular weight excluding hydrogens is 234 g/mol. The smallest absolute Gasteiger partial charge is 0.270 e. The molecule has 2 aromatic rings. The molecule has 2 N–H and O–H groups in total. The lowest BCUT2D eigenvalue weighted by Crippen LogP contribution is -2.30. The third-order valence-corrected chi connectivity index (χ3v) is 3.34. The van der Waals surface area contributed by atoms with E-state index in [4.69, 9.17) is 5.73 Å². The van der Waals surface area contributed by atoms with E-state index in [1.54, 1.807) is 23.4 Å². The van der Waals surface area contributed by atoms with Crippen molar-refractivity contribution in [2.24, 2.45) is 0 Å². The summed E-state index contributed by atoms with van der Waals surface area (Å²) in [5, 5.41) is 1.82. The second-order valence-corrected chi connectivity index (χ2v) is 4.38. The largest absolute Gasteiger partial charge is 0.397 e. The molecule has 4 nitrogen and oxygen atoms in total. The van der Waals surface area contributed by atoms with Crippen molar-refractivity contribution in [3.63, 3.8) is 0 Å². The van der Waals surface area contributed by atoms with Gasteiger partial charge in [-0.3, -0.25) is 9.78 Å². The van der Waals surface area contributed by atoms with Gasteiger partial charge in [0.1, 0.15) is 4.88 Å². The topological polar surface area (TPSA) is 59.2 Å². The summed E-state index contributed by atoms with van der Waals surface area (Å²) in [4.78, 5) is 18.5. The third kappa shape index (κ3) is 2.29. The summed E-state index contributed by atoms with van der Waals surface area (Å²) in [6.07, 6.45) is 3.34. The fourth-order valence-electron chi connectivity index (χ4n) is 1.58. The van der Waals surface area contributed by atoms with Crippen LogP contribution in [0.15, 0.2) is 36.0 Å². The van der Waals surface area contributed by atoms with Crippen molar-refractivity contribution < 1.29 is 4.79 Å². The quantitative estimate of drug-likeness (QED) is 0.906. The zero-order valence-corrected chi connectivity index (χ0v) is 10.3. The number of thiophene rings is 1. The number of hydrogen-bond acceptors (Lipinski definition) is 4. The number of pyridine rings is 1. The fraction of sp³-hybridized carbons (Fsp3) is 0.167. The summed E-state index contributed by atoms with van der Waals surface area (Å²) >= 11 is 1.36. The second-order valence-electron chi connectivity index (χ2n) is 3.46. The van der Waals surface area contributed by atoms with Gasteiger partial charge in [-0.05, 0) is 30.5 Å². The first-order valence-electron chi connectivity index (χ1n) is 5.29. The van der Waals surface area contributed by atoms with E-state index < -0.39 is 0 Å². The van der Waals surface area contributed by atoms with Gasteiger partial charge < -0.3 is 10.6 Å². The zero-order chi connectivity index (χ0) is 12.3. The van der Waals surface area contributed by atoms with Gasteiger partial charge in [-0.2, -0.15) is 0 Å². The van der Waals surface area contributed by atoms with Crippen LogP contribution in [0.4, 0.5) is 11.4 Å². The van der Waals surface area contributed by atoms with Crippen LogP contribution in [-0.4, -0.2) is 17.4 Å². The molecule has 0 radical (unpaired) electrons. The van der Waals surface area contributed by atoms with Crippen molar-refractivity contribution in [2.75, 3.05) is 17.2 Å². The Labute approximate surface area is 104 Å². The van der Waals surface area contributed by atoms with Gasteiger partial charge in [-0.15, -0.1) is 11.3 Å². The monoisotopic (exact) mass is 247 g/mol. The van der Waals surface area contributed by atoms with E-state index in [9.17, 15) is 4.79 Å². The van der Waals surface area contributed by atoms with E-state index in [0.717, 1.165) is 5.69 Å². The number of aromatic nitrogens is 1. The minimum absolute atomic E-state index is 0.0637. The minimum Gasteiger partial charge on any atom is -0.397 e. The van der Waals surface area contributed by atoms with Gasteiger partial charge in [-0.1, -0.05) is 0 Å². The average molecular weight is 247 g/mol. The van der Waals surface area contributed by atoms with Crippen LogP contribution in [-0.2, 0) is 0 Å². The van der Waals surface area contributed by atoms with Crippen LogP contribution in [0.5, 0.6) is 0 Å². The molecule has 0 saturated heterocycles. The van der Waals surface area contributed by atoms with Crippen LogP contribution >= 0.6 is 11.3 Å². The van der Waals surface area contributed by atoms with Crippen molar-refractivity contribution >= 4 is 28.6 Å². The van der Waals surface area contributed by atoms with Crippen LogP contribution in [0, 0.1) is 0 Å². The van der Waals surface area contributed by atoms with Crippen LogP contribution in [0.1, 0.15) is 16.6 Å². The molecule has 0 aromatic carbocycles. The van der Waals surface area contributed by atoms with Gasteiger partial charge in [0.15, 0.2) is 0 Å². The Morgan fingerprint density at radius 3 is 2.65 bits per heavy atom. The van der Waals surface area contributed by atoms with Crippen LogP contribution in [0.2, 0.25) is 0 Å². The molecule has 2 aromatic heterocycles. The van der Waals surface area contributed by atoms with Gasteiger partial charge in [-0.25, -0.2) is 0 Å². The lowest BCUT2D eigenvalue weighted by atomic mass is 10.3. The van der Waals surface area contributed by atoms with Gasteiger partial charge in [0.2, 0.25) is 0 Å². The molecule has 0 bridgehead atoms. The number of rotatable bonds is 3. The van der Waals surface area contributed by atoms with Gasteiger partial charge >= 0.3 is 0 Å². The molecule has 17 heavy (non-hydrogen) atoms. The summed E-state index contributed by atoms with van der Waals surface area (Å²) in [7, 11) is 0. The molecule has 0 aliphatic carbocycles. The van der Waals surface area contributed by atoms with Crippen LogP contribution in [0.3, 0.4) is 0 Å². The Bertz CT molecular complexity index is 509. The predicted octanol–water partition coefficient (Wildman–Crippen LogP) is 2.39. The molecule has 2 rings (SSSR count). The van der Waals surface area contributed by atoms with E-state index in [1.165, 1.54) is 11.3 Å². The van der Waals surface area contributed by atoms with E-state index >= 15 is 0 Å². The number of carbonyl (C=O) groups is 1. The van der Waals surface area contributed by atoms with Crippen LogP contribution in [0.25, 0.3) is 0 Å². The fourth-order valence-corrected chi connectivity index (χ4v) is 2.35. The number of nitrogens with zero attached hydrogens (tertiary/aromatic N) is 2. The summed E-state index contributed by atoms with van der Waals surface area (Å²) < 4.78 is 0. The maximum Gasteiger partial charge on any atom is 0.270 e. The van der Waals surface area contributed by atoms with E-state index in [-0.39, 0.29) is 5.91 Å². The molecule has 0 atom stereocenters. The lowest BCUT2D eigenvalue weighted by molar-refractivity contribution is 0.0993. The zero-order valence-electron chi connectivity index (χ0n) is 9.46. The maximum atomic E-state index is 12.3. The van der Waals surface area contributed by atoms with Gasteiger partial charge in [0, 0.05) is 24.6 Å². The van der Waals surface area contributed by atoms with Crippen molar-refractivity contribution in [1.82, 2.24) is 4.98 Å². The molecular formula is C12H13N3OS.